The van der Waals surface area contributed by atoms with E-state index in [0.717, 1.165) is 16.5 Å². The maximum absolute atomic E-state index is 13.5. The number of aromatic amines is 1. The lowest BCUT2D eigenvalue weighted by Crippen LogP contribution is -2.30. The van der Waals surface area contributed by atoms with Gasteiger partial charge in [0.1, 0.15) is 5.82 Å². The molecule has 1 atom stereocenters. The van der Waals surface area contributed by atoms with Crippen LogP contribution >= 0.6 is 0 Å². The third-order valence-electron chi connectivity index (χ3n) is 4.39. The molecule has 3 rings (SSSR count). The highest BCUT2D eigenvalue weighted by molar-refractivity contribution is 5.95. The number of carbonyl (C=O) groups excluding carboxylic acids is 2. The van der Waals surface area contributed by atoms with E-state index in [-0.39, 0.29) is 6.42 Å². The summed E-state index contributed by atoms with van der Waals surface area (Å²) in [6, 6.07) is 12.2. The summed E-state index contributed by atoms with van der Waals surface area (Å²) in [5, 5.41) is 3.61. The Morgan fingerprint density at radius 1 is 1.22 bits per heavy atom. The second-order valence-electron chi connectivity index (χ2n) is 6.44. The number of aromatic nitrogens is 1. The van der Waals surface area contributed by atoms with Gasteiger partial charge in [0.25, 0.3) is 5.91 Å². The maximum Gasteiger partial charge on any atom is 0.306 e. The molecular formula is C21H21FN2O3. The van der Waals surface area contributed by atoms with Crippen LogP contribution in [-0.2, 0) is 20.7 Å². The zero-order chi connectivity index (χ0) is 19.4. The van der Waals surface area contributed by atoms with Gasteiger partial charge in [-0.2, -0.15) is 0 Å². The Morgan fingerprint density at radius 3 is 2.78 bits per heavy atom. The summed E-state index contributed by atoms with van der Waals surface area (Å²) >= 11 is 0. The Bertz CT molecular complexity index is 980. The summed E-state index contributed by atoms with van der Waals surface area (Å²) < 4.78 is 18.7. The number of para-hydroxylation sites is 1. The van der Waals surface area contributed by atoms with Crippen LogP contribution in [0.3, 0.4) is 0 Å². The normalized spacial score (nSPS) is 12.0. The van der Waals surface area contributed by atoms with Crippen molar-refractivity contribution in [2.75, 3.05) is 5.32 Å². The van der Waals surface area contributed by atoms with E-state index < -0.39 is 23.8 Å². The van der Waals surface area contributed by atoms with Crippen molar-refractivity contribution in [1.29, 1.82) is 0 Å². The average Bonchev–Trinajstić information content (AvgIpc) is 3.06. The first kappa shape index (κ1) is 18.6. The minimum atomic E-state index is -0.968. The fraction of sp³-hybridized carbons (Fsp3) is 0.238. The van der Waals surface area contributed by atoms with E-state index in [4.69, 9.17) is 4.74 Å². The molecule has 0 saturated heterocycles. The molecule has 2 N–H and O–H groups in total. The lowest BCUT2D eigenvalue weighted by atomic mass is 10.1. The summed E-state index contributed by atoms with van der Waals surface area (Å²) in [5.74, 6) is -1.37. The molecule has 0 aliphatic carbocycles. The third-order valence-corrected chi connectivity index (χ3v) is 4.39. The molecular weight excluding hydrogens is 347 g/mol. The van der Waals surface area contributed by atoms with Gasteiger partial charge in [-0.3, -0.25) is 9.59 Å². The molecule has 0 spiro atoms. The van der Waals surface area contributed by atoms with Crippen LogP contribution in [0.1, 0.15) is 24.5 Å². The van der Waals surface area contributed by atoms with Gasteiger partial charge in [-0.05, 0) is 49.6 Å². The van der Waals surface area contributed by atoms with E-state index in [2.05, 4.69) is 10.3 Å². The Balaban J connectivity index is 1.52. The van der Waals surface area contributed by atoms with Crippen molar-refractivity contribution in [3.05, 3.63) is 65.6 Å². The predicted octanol–water partition coefficient (Wildman–Crippen LogP) is 4.12. The van der Waals surface area contributed by atoms with E-state index in [1.165, 1.54) is 13.0 Å². The van der Waals surface area contributed by atoms with Gasteiger partial charge in [0.05, 0.1) is 0 Å². The van der Waals surface area contributed by atoms with Gasteiger partial charge in [0.2, 0.25) is 0 Å². The van der Waals surface area contributed by atoms with Crippen molar-refractivity contribution in [2.45, 2.75) is 32.8 Å². The van der Waals surface area contributed by atoms with Gasteiger partial charge in [-0.25, -0.2) is 4.39 Å². The van der Waals surface area contributed by atoms with Gasteiger partial charge in [0.15, 0.2) is 6.10 Å². The third kappa shape index (κ3) is 4.53. The molecule has 0 bridgehead atoms. The number of nitrogens with one attached hydrogen (secondary N) is 2. The number of H-pyrrole nitrogens is 1. The summed E-state index contributed by atoms with van der Waals surface area (Å²) in [4.78, 5) is 27.4. The number of anilines is 1. The highest BCUT2D eigenvalue weighted by Crippen LogP contribution is 2.19. The fourth-order valence-corrected chi connectivity index (χ4v) is 2.80. The second kappa shape index (κ2) is 8.03. The number of ether oxygens (including phenoxy) is 1. The number of hydrogen-bond acceptors (Lipinski definition) is 3. The monoisotopic (exact) mass is 368 g/mol. The number of rotatable bonds is 6. The smallest absolute Gasteiger partial charge is 0.306 e. The largest absolute Gasteiger partial charge is 0.453 e. The van der Waals surface area contributed by atoms with Crippen LogP contribution in [0.25, 0.3) is 10.9 Å². The van der Waals surface area contributed by atoms with Crippen molar-refractivity contribution in [2.24, 2.45) is 0 Å². The lowest BCUT2D eigenvalue weighted by molar-refractivity contribution is -0.153. The number of amides is 1. The standard InChI is InChI=1S/C21H21FN2O3/c1-13-7-9-16(11-18(13)22)24-21(26)14(2)27-20(25)10-8-15-12-23-19-6-4-3-5-17(15)19/h3-7,9,11-12,14,23H,8,10H2,1-2H3,(H,24,26). The molecule has 0 aliphatic heterocycles. The molecule has 0 radical (unpaired) electrons. The second-order valence-corrected chi connectivity index (χ2v) is 6.44. The van der Waals surface area contributed by atoms with E-state index in [0.29, 0.717) is 17.7 Å². The number of halogens is 1. The molecule has 5 nitrogen and oxygen atoms in total. The minimum absolute atomic E-state index is 0.165. The van der Waals surface area contributed by atoms with E-state index in [1.54, 1.807) is 19.1 Å². The van der Waals surface area contributed by atoms with Gasteiger partial charge in [-0.15, -0.1) is 0 Å². The Morgan fingerprint density at radius 2 is 2.00 bits per heavy atom. The summed E-state index contributed by atoms with van der Waals surface area (Å²) in [6.45, 7) is 3.13. The molecule has 6 heteroatoms. The number of aryl methyl sites for hydroxylation is 2. The molecule has 0 aliphatic rings. The van der Waals surface area contributed by atoms with Gasteiger partial charge in [0, 0.05) is 29.2 Å². The molecule has 0 fully saturated rings. The SMILES string of the molecule is Cc1ccc(NC(=O)C(C)OC(=O)CCc2c[nH]c3ccccc23)cc1F. The quantitative estimate of drug-likeness (QED) is 0.643. The van der Waals surface area contributed by atoms with E-state index in [1.807, 2.05) is 30.5 Å². The van der Waals surface area contributed by atoms with Crippen LogP contribution in [0, 0.1) is 12.7 Å². The molecule has 140 valence electrons. The molecule has 1 heterocycles. The zero-order valence-electron chi connectivity index (χ0n) is 15.2. The first-order valence-corrected chi connectivity index (χ1v) is 8.75. The molecule has 27 heavy (non-hydrogen) atoms. The summed E-state index contributed by atoms with van der Waals surface area (Å²) in [5.41, 5.74) is 2.85. The van der Waals surface area contributed by atoms with Crippen LogP contribution in [0.5, 0.6) is 0 Å². The first-order chi connectivity index (χ1) is 12.9. The van der Waals surface area contributed by atoms with Gasteiger partial charge in [-0.1, -0.05) is 24.3 Å². The van der Waals surface area contributed by atoms with Crippen molar-refractivity contribution in [3.8, 4) is 0 Å². The van der Waals surface area contributed by atoms with Crippen molar-refractivity contribution in [1.82, 2.24) is 4.98 Å². The highest BCUT2D eigenvalue weighted by Gasteiger charge is 2.18. The molecule has 1 aromatic heterocycles. The van der Waals surface area contributed by atoms with E-state index in [9.17, 15) is 14.0 Å². The van der Waals surface area contributed by atoms with E-state index >= 15 is 0 Å². The highest BCUT2D eigenvalue weighted by atomic mass is 19.1. The topological polar surface area (TPSA) is 71.2 Å². The van der Waals surface area contributed by atoms with Crippen LogP contribution in [0.4, 0.5) is 10.1 Å². The van der Waals surface area contributed by atoms with Crippen molar-refractivity contribution < 1.29 is 18.7 Å². The zero-order valence-corrected chi connectivity index (χ0v) is 15.2. The molecule has 1 unspecified atom stereocenters. The number of fused-ring (bicyclic) bond motifs is 1. The number of carbonyl (C=O) groups is 2. The average molecular weight is 368 g/mol. The Hall–Kier alpha value is -3.15. The van der Waals surface area contributed by atoms with Crippen molar-refractivity contribution in [3.63, 3.8) is 0 Å². The summed E-state index contributed by atoms with van der Waals surface area (Å²) in [6.07, 6.45) is 1.59. The lowest BCUT2D eigenvalue weighted by Gasteiger charge is -2.14. The van der Waals surface area contributed by atoms with Crippen LogP contribution in [0.2, 0.25) is 0 Å². The molecule has 3 aromatic rings. The first-order valence-electron chi connectivity index (χ1n) is 8.75. The fourth-order valence-electron chi connectivity index (χ4n) is 2.80. The van der Waals surface area contributed by atoms with Gasteiger partial charge >= 0.3 is 5.97 Å². The Kier molecular flexibility index (Phi) is 5.54. The van der Waals surface area contributed by atoms with Crippen LogP contribution < -0.4 is 5.32 Å². The van der Waals surface area contributed by atoms with Crippen LogP contribution in [-0.4, -0.2) is 23.0 Å². The number of esters is 1. The molecule has 1 amide bonds. The summed E-state index contributed by atoms with van der Waals surface area (Å²) in [7, 11) is 0. The number of hydrogen-bond donors (Lipinski definition) is 2. The number of benzene rings is 2. The maximum atomic E-state index is 13.5. The van der Waals surface area contributed by atoms with Gasteiger partial charge < -0.3 is 15.0 Å². The van der Waals surface area contributed by atoms with Crippen molar-refractivity contribution >= 4 is 28.5 Å². The van der Waals surface area contributed by atoms with Crippen LogP contribution in [0.15, 0.2) is 48.7 Å². The molecule has 0 saturated carbocycles. The Labute approximate surface area is 156 Å². The predicted molar refractivity (Wildman–Crippen MR) is 102 cm³/mol. The minimum Gasteiger partial charge on any atom is -0.453 e. The molecule has 2 aromatic carbocycles.